The number of benzene rings is 1. The van der Waals surface area contributed by atoms with Gasteiger partial charge in [-0.05, 0) is 17.7 Å². The first-order chi connectivity index (χ1) is 6.80. The Balaban J connectivity index is 0.00000112. The minimum Gasteiger partial charge on any atom is -0.371 e. The van der Waals surface area contributed by atoms with E-state index < -0.39 is 0 Å². The fraction of sp³-hybridized carbons (Fsp3) is 0.364. The Morgan fingerprint density at radius 2 is 1.93 bits per heavy atom. The number of nitriles is 1. The van der Waals surface area contributed by atoms with Crippen LogP contribution in [0.4, 0.5) is 0 Å². The summed E-state index contributed by atoms with van der Waals surface area (Å²) in [7, 11) is 1.72. The zero-order valence-corrected chi connectivity index (χ0v) is 9.30. The number of rotatable bonds is 2. The summed E-state index contributed by atoms with van der Waals surface area (Å²) in [6.07, 6.45) is 0. The van der Waals surface area contributed by atoms with Gasteiger partial charge in [0.25, 0.3) is 0 Å². The Hall–Kier alpha value is -1.08. The molecule has 1 aromatic carbocycles. The second-order valence-corrected chi connectivity index (χ2v) is 3.49. The van der Waals surface area contributed by atoms with E-state index in [1.165, 1.54) is 0 Å². The molecule has 3 nitrogen and oxygen atoms in total. The van der Waals surface area contributed by atoms with E-state index in [2.05, 4.69) is 11.4 Å². The molecular weight excluding hydrogens is 212 g/mol. The lowest BCUT2D eigenvalue weighted by Crippen LogP contribution is -2.57. The van der Waals surface area contributed by atoms with Crippen LogP contribution in [-0.4, -0.2) is 20.2 Å². The molecule has 1 saturated heterocycles. The normalized spacial score (nSPS) is 17.1. The summed E-state index contributed by atoms with van der Waals surface area (Å²) in [6.45, 7) is 1.69. The molecule has 4 heteroatoms. The van der Waals surface area contributed by atoms with E-state index >= 15 is 0 Å². The number of methoxy groups -OCH3 is 1. The van der Waals surface area contributed by atoms with Crippen LogP contribution in [0.2, 0.25) is 0 Å². The fourth-order valence-corrected chi connectivity index (χ4v) is 1.67. The number of hydrogen-bond acceptors (Lipinski definition) is 3. The van der Waals surface area contributed by atoms with Gasteiger partial charge in [0.05, 0.1) is 11.6 Å². The number of nitrogens with one attached hydrogen (secondary N) is 1. The quantitative estimate of drug-likeness (QED) is 0.827. The van der Waals surface area contributed by atoms with Crippen molar-refractivity contribution in [2.45, 2.75) is 5.60 Å². The Morgan fingerprint density at radius 1 is 1.33 bits per heavy atom. The van der Waals surface area contributed by atoms with Gasteiger partial charge in [0, 0.05) is 20.2 Å². The average Bonchev–Trinajstić information content (AvgIpc) is 2.18. The van der Waals surface area contributed by atoms with Gasteiger partial charge in [0.1, 0.15) is 5.60 Å². The highest BCUT2D eigenvalue weighted by molar-refractivity contribution is 5.85. The van der Waals surface area contributed by atoms with Gasteiger partial charge in [-0.25, -0.2) is 0 Å². The van der Waals surface area contributed by atoms with Crippen molar-refractivity contribution >= 4 is 12.4 Å². The zero-order valence-electron chi connectivity index (χ0n) is 8.49. The van der Waals surface area contributed by atoms with Gasteiger partial charge in [-0.1, -0.05) is 12.1 Å². The highest BCUT2D eigenvalue weighted by atomic mass is 35.5. The lowest BCUT2D eigenvalue weighted by atomic mass is 9.87. The van der Waals surface area contributed by atoms with Crippen LogP contribution in [0.15, 0.2) is 24.3 Å². The molecule has 1 aliphatic heterocycles. The third-order valence-electron chi connectivity index (χ3n) is 2.75. The van der Waals surface area contributed by atoms with Crippen LogP contribution in [0.3, 0.4) is 0 Å². The molecule has 15 heavy (non-hydrogen) atoms. The fourth-order valence-electron chi connectivity index (χ4n) is 1.67. The van der Waals surface area contributed by atoms with Gasteiger partial charge in [-0.3, -0.25) is 0 Å². The summed E-state index contributed by atoms with van der Waals surface area (Å²) in [5.41, 5.74) is 1.65. The van der Waals surface area contributed by atoms with Crippen molar-refractivity contribution in [3.8, 4) is 6.07 Å². The first-order valence-corrected chi connectivity index (χ1v) is 4.57. The predicted molar refractivity (Wildman–Crippen MR) is 60.0 cm³/mol. The largest absolute Gasteiger partial charge is 0.371 e. The minimum absolute atomic E-state index is 0. The Kier molecular flexibility index (Phi) is 3.70. The smallest absolute Gasteiger partial charge is 0.117 e. The number of ether oxygens (including phenoxy) is 1. The van der Waals surface area contributed by atoms with Gasteiger partial charge in [0.15, 0.2) is 0 Å². The van der Waals surface area contributed by atoms with Gasteiger partial charge >= 0.3 is 0 Å². The van der Waals surface area contributed by atoms with Gasteiger partial charge < -0.3 is 10.1 Å². The van der Waals surface area contributed by atoms with Crippen LogP contribution < -0.4 is 5.32 Å². The van der Waals surface area contributed by atoms with Gasteiger partial charge in [0.2, 0.25) is 0 Å². The SMILES string of the molecule is COC1(c2ccc(C#N)cc2)CNC1.Cl. The first-order valence-electron chi connectivity index (χ1n) is 4.57. The summed E-state index contributed by atoms with van der Waals surface area (Å²) in [6, 6.07) is 9.68. The summed E-state index contributed by atoms with van der Waals surface area (Å²) >= 11 is 0. The molecule has 1 aliphatic rings. The predicted octanol–water partition coefficient (Wildman–Crippen LogP) is 1.42. The number of nitrogens with zero attached hydrogens (tertiary/aromatic N) is 1. The molecule has 1 heterocycles. The molecule has 0 aromatic heterocycles. The summed E-state index contributed by atoms with van der Waals surface area (Å²) < 4.78 is 5.49. The lowest BCUT2D eigenvalue weighted by molar-refractivity contribution is -0.0565. The van der Waals surface area contributed by atoms with Crippen LogP contribution in [0.25, 0.3) is 0 Å². The van der Waals surface area contributed by atoms with E-state index in [1.807, 2.05) is 24.3 Å². The van der Waals surface area contributed by atoms with Gasteiger partial charge in [-0.15, -0.1) is 12.4 Å². The molecule has 1 aromatic rings. The molecular formula is C11H13ClN2O. The second kappa shape index (κ2) is 4.63. The van der Waals surface area contributed by atoms with E-state index in [0.29, 0.717) is 5.56 Å². The molecule has 0 aliphatic carbocycles. The molecule has 0 amide bonds. The van der Waals surface area contributed by atoms with E-state index in [-0.39, 0.29) is 18.0 Å². The monoisotopic (exact) mass is 224 g/mol. The maximum atomic E-state index is 8.67. The van der Waals surface area contributed by atoms with Crippen LogP contribution >= 0.6 is 12.4 Å². The summed E-state index contributed by atoms with van der Waals surface area (Å²) in [5.74, 6) is 0. The lowest BCUT2D eigenvalue weighted by Gasteiger charge is -2.41. The Morgan fingerprint density at radius 3 is 2.27 bits per heavy atom. The molecule has 2 rings (SSSR count). The van der Waals surface area contributed by atoms with Crippen molar-refractivity contribution in [1.82, 2.24) is 5.32 Å². The van der Waals surface area contributed by atoms with Crippen LogP contribution in [0, 0.1) is 11.3 Å². The van der Waals surface area contributed by atoms with Crippen LogP contribution in [0.5, 0.6) is 0 Å². The second-order valence-electron chi connectivity index (χ2n) is 3.49. The number of hydrogen-bond donors (Lipinski definition) is 1. The standard InChI is InChI=1S/C11H12N2O.ClH/c1-14-11(7-13-8-11)10-4-2-9(6-12)3-5-10;/h2-5,13H,7-8H2,1H3;1H. The van der Waals surface area contributed by atoms with Crippen molar-refractivity contribution in [1.29, 1.82) is 5.26 Å². The van der Waals surface area contributed by atoms with Gasteiger partial charge in [-0.2, -0.15) is 5.26 Å². The maximum absolute atomic E-state index is 8.67. The van der Waals surface area contributed by atoms with Crippen LogP contribution in [0.1, 0.15) is 11.1 Å². The van der Waals surface area contributed by atoms with E-state index in [4.69, 9.17) is 10.00 Å². The van der Waals surface area contributed by atoms with E-state index in [0.717, 1.165) is 18.7 Å². The number of halogens is 1. The highest BCUT2D eigenvalue weighted by Gasteiger charge is 2.38. The molecule has 0 bridgehead atoms. The third kappa shape index (κ3) is 1.98. The van der Waals surface area contributed by atoms with Crippen molar-refractivity contribution < 1.29 is 4.74 Å². The molecule has 1 N–H and O–H groups in total. The van der Waals surface area contributed by atoms with Crippen molar-refractivity contribution in [2.75, 3.05) is 20.2 Å². The Bertz CT molecular complexity index is 360. The average molecular weight is 225 g/mol. The molecule has 0 atom stereocenters. The third-order valence-corrected chi connectivity index (χ3v) is 2.75. The topological polar surface area (TPSA) is 45.0 Å². The van der Waals surface area contributed by atoms with Crippen molar-refractivity contribution in [2.24, 2.45) is 0 Å². The molecule has 1 fully saturated rings. The molecule has 0 unspecified atom stereocenters. The Labute approximate surface area is 95.5 Å². The molecule has 0 spiro atoms. The van der Waals surface area contributed by atoms with Crippen molar-refractivity contribution in [3.63, 3.8) is 0 Å². The highest BCUT2D eigenvalue weighted by Crippen LogP contribution is 2.29. The molecule has 0 saturated carbocycles. The minimum atomic E-state index is -0.173. The van der Waals surface area contributed by atoms with E-state index in [1.54, 1.807) is 7.11 Å². The maximum Gasteiger partial charge on any atom is 0.117 e. The van der Waals surface area contributed by atoms with Crippen LogP contribution in [-0.2, 0) is 10.3 Å². The summed E-state index contributed by atoms with van der Waals surface area (Å²) in [5, 5.41) is 11.9. The first kappa shape index (κ1) is 12.0. The molecule has 0 radical (unpaired) electrons. The van der Waals surface area contributed by atoms with E-state index in [9.17, 15) is 0 Å². The van der Waals surface area contributed by atoms with Crippen molar-refractivity contribution in [3.05, 3.63) is 35.4 Å². The summed E-state index contributed by atoms with van der Waals surface area (Å²) in [4.78, 5) is 0. The molecule has 80 valence electrons. The zero-order chi connectivity index (χ0) is 10.0.